The van der Waals surface area contributed by atoms with Gasteiger partial charge in [-0.25, -0.2) is 4.39 Å². The van der Waals surface area contributed by atoms with Gasteiger partial charge in [0.25, 0.3) is 0 Å². The fourth-order valence-corrected chi connectivity index (χ4v) is 1.79. The van der Waals surface area contributed by atoms with Gasteiger partial charge in [-0.15, -0.1) is 0 Å². The third-order valence-corrected chi connectivity index (χ3v) is 2.98. The van der Waals surface area contributed by atoms with Crippen LogP contribution in [0.25, 0.3) is 0 Å². The van der Waals surface area contributed by atoms with Crippen LogP contribution in [0.3, 0.4) is 0 Å². The Balaban J connectivity index is 2.32. The summed E-state index contributed by atoms with van der Waals surface area (Å²) in [7, 11) is 0. The maximum Gasteiger partial charge on any atom is 0.169 e. The molecule has 1 aromatic carbocycles. The van der Waals surface area contributed by atoms with Crippen LogP contribution in [0.5, 0.6) is 0 Å². The molecule has 1 atom stereocenters. The van der Waals surface area contributed by atoms with E-state index in [1.807, 2.05) is 6.92 Å². The minimum absolute atomic E-state index is 0.114. The lowest BCUT2D eigenvalue weighted by atomic mass is 10.2. The van der Waals surface area contributed by atoms with Crippen molar-refractivity contribution in [3.05, 3.63) is 41.1 Å². The van der Waals surface area contributed by atoms with E-state index in [4.69, 9.17) is 27.5 Å². The fraction of sp³-hybridized carbons (Fsp3) is 0.167. The molecule has 2 aromatic rings. The molecular weight excluding hydrogens is 257 g/mol. The highest BCUT2D eigenvalue weighted by Crippen LogP contribution is 2.35. The lowest BCUT2D eigenvalue weighted by Crippen LogP contribution is -2.10. The zero-order chi connectivity index (χ0) is 13.3. The maximum atomic E-state index is 13.9. The van der Waals surface area contributed by atoms with Crippen molar-refractivity contribution in [1.82, 2.24) is 0 Å². The molecule has 96 valence electrons. The molecule has 0 fully saturated rings. The number of furan rings is 1. The summed E-state index contributed by atoms with van der Waals surface area (Å²) < 4.78 is 19.2. The summed E-state index contributed by atoms with van der Waals surface area (Å²) in [6.07, 6.45) is 1.54. The van der Waals surface area contributed by atoms with Crippen molar-refractivity contribution in [2.75, 3.05) is 16.8 Å². The summed E-state index contributed by atoms with van der Waals surface area (Å²) in [5, 5.41) is 2.77. The van der Waals surface area contributed by atoms with Gasteiger partial charge < -0.3 is 21.2 Å². The number of nitrogen functional groups attached to an aromatic ring is 2. The van der Waals surface area contributed by atoms with Crippen molar-refractivity contribution in [1.29, 1.82) is 0 Å². The molecule has 4 nitrogen and oxygen atoms in total. The molecule has 0 saturated heterocycles. The zero-order valence-electron chi connectivity index (χ0n) is 9.71. The molecular formula is C12H13ClFN3O. The summed E-state index contributed by atoms with van der Waals surface area (Å²) in [6, 6.07) is 4.72. The number of nitrogens with two attached hydrogens (primary N) is 2. The first-order valence-electron chi connectivity index (χ1n) is 5.33. The summed E-state index contributed by atoms with van der Waals surface area (Å²) in [5.41, 5.74) is 11.7. The number of anilines is 3. The number of rotatable bonds is 3. The molecule has 1 aromatic heterocycles. The first kappa shape index (κ1) is 12.6. The summed E-state index contributed by atoms with van der Waals surface area (Å²) in [6.45, 7) is 1.82. The molecule has 1 heterocycles. The molecule has 0 aliphatic rings. The van der Waals surface area contributed by atoms with Crippen LogP contribution in [-0.4, -0.2) is 0 Å². The first-order valence-corrected chi connectivity index (χ1v) is 5.71. The number of benzene rings is 1. The van der Waals surface area contributed by atoms with E-state index in [0.29, 0.717) is 5.76 Å². The number of hydrogen-bond acceptors (Lipinski definition) is 4. The topological polar surface area (TPSA) is 77.2 Å². The molecule has 18 heavy (non-hydrogen) atoms. The van der Waals surface area contributed by atoms with Gasteiger partial charge in [0.2, 0.25) is 0 Å². The number of halogens is 2. The van der Waals surface area contributed by atoms with Crippen LogP contribution in [0.4, 0.5) is 21.5 Å². The van der Waals surface area contributed by atoms with Gasteiger partial charge in [-0.1, -0.05) is 11.6 Å². The van der Waals surface area contributed by atoms with Crippen molar-refractivity contribution in [3.8, 4) is 0 Å². The molecule has 0 aliphatic carbocycles. The Morgan fingerprint density at radius 3 is 2.72 bits per heavy atom. The van der Waals surface area contributed by atoms with E-state index in [9.17, 15) is 4.39 Å². The van der Waals surface area contributed by atoms with Crippen molar-refractivity contribution >= 4 is 28.7 Å². The van der Waals surface area contributed by atoms with E-state index in [1.165, 1.54) is 6.07 Å². The van der Waals surface area contributed by atoms with Gasteiger partial charge in [0, 0.05) is 0 Å². The van der Waals surface area contributed by atoms with Crippen molar-refractivity contribution in [2.45, 2.75) is 13.0 Å². The second-order valence-corrected chi connectivity index (χ2v) is 4.32. The third-order valence-electron chi connectivity index (χ3n) is 2.60. The van der Waals surface area contributed by atoms with Crippen molar-refractivity contribution < 1.29 is 8.81 Å². The van der Waals surface area contributed by atoms with E-state index in [1.54, 1.807) is 18.4 Å². The minimum atomic E-state index is -0.660. The Morgan fingerprint density at radius 2 is 2.11 bits per heavy atom. The SMILES string of the molecule is CC(Nc1c(N)cc(N)c(Cl)c1F)c1ccco1. The van der Waals surface area contributed by atoms with Gasteiger partial charge in [0.1, 0.15) is 10.8 Å². The Hall–Kier alpha value is -1.88. The van der Waals surface area contributed by atoms with E-state index in [-0.39, 0.29) is 28.1 Å². The minimum Gasteiger partial charge on any atom is -0.467 e. The van der Waals surface area contributed by atoms with Crippen LogP contribution in [-0.2, 0) is 0 Å². The highest BCUT2D eigenvalue weighted by Gasteiger charge is 2.17. The van der Waals surface area contributed by atoms with Crippen LogP contribution < -0.4 is 16.8 Å². The average Bonchev–Trinajstić information content (AvgIpc) is 2.85. The Bertz CT molecular complexity index is 557. The first-order chi connectivity index (χ1) is 8.50. The van der Waals surface area contributed by atoms with E-state index < -0.39 is 5.82 Å². The second-order valence-electron chi connectivity index (χ2n) is 3.94. The van der Waals surface area contributed by atoms with Gasteiger partial charge >= 0.3 is 0 Å². The monoisotopic (exact) mass is 269 g/mol. The lowest BCUT2D eigenvalue weighted by molar-refractivity contribution is 0.489. The molecule has 6 heteroatoms. The van der Waals surface area contributed by atoms with Crippen LogP contribution in [0, 0.1) is 5.82 Å². The molecule has 2 rings (SSSR count). The predicted octanol–water partition coefficient (Wildman–Crippen LogP) is 3.41. The Morgan fingerprint density at radius 1 is 1.39 bits per heavy atom. The van der Waals surface area contributed by atoms with Gasteiger partial charge in [0.15, 0.2) is 5.82 Å². The van der Waals surface area contributed by atoms with Crippen molar-refractivity contribution in [3.63, 3.8) is 0 Å². The summed E-state index contributed by atoms with van der Waals surface area (Å²) in [4.78, 5) is 0. The van der Waals surface area contributed by atoms with Crippen LogP contribution >= 0.6 is 11.6 Å². The molecule has 5 N–H and O–H groups in total. The standard InChI is InChI=1S/C12H13ClFN3O/c1-6(9-3-2-4-18-9)17-12-8(16)5-7(15)10(13)11(12)14/h2-6,17H,15-16H2,1H3. The van der Waals surface area contributed by atoms with Crippen LogP contribution in [0.15, 0.2) is 28.9 Å². The molecule has 0 aliphatic heterocycles. The molecule has 1 unspecified atom stereocenters. The average molecular weight is 270 g/mol. The molecule has 0 spiro atoms. The largest absolute Gasteiger partial charge is 0.467 e. The Labute approximate surface area is 109 Å². The fourth-order valence-electron chi connectivity index (χ4n) is 1.64. The summed E-state index contributed by atoms with van der Waals surface area (Å²) >= 11 is 5.74. The van der Waals surface area contributed by atoms with Crippen LogP contribution in [0.2, 0.25) is 5.02 Å². The smallest absolute Gasteiger partial charge is 0.169 e. The second kappa shape index (κ2) is 4.78. The van der Waals surface area contributed by atoms with E-state index >= 15 is 0 Å². The maximum absolute atomic E-state index is 13.9. The van der Waals surface area contributed by atoms with Crippen LogP contribution in [0.1, 0.15) is 18.7 Å². The highest BCUT2D eigenvalue weighted by atomic mass is 35.5. The normalized spacial score (nSPS) is 12.4. The van der Waals surface area contributed by atoms with Gasteiger partial charge in [0.05, 0.1) is 29.4 Å². The van der Waals surface area contributed by atoms with Crippen molar-refractivity contribution in [2.24, 2.45) is 0 Å². The highest BCUT2D eigenvalue weighted by molar-refractivity contribution is 6.33. The Kier molecular flexibility index (Phi) is 3.34. The molecule has 0 amide bonds. The number of hydrogen-bond donors (Lipinski definition) is 3. The van der Waals surface area contributed by atoms with Gasteiger partial charge in [-0.05, 0) is 25.1 Å². The molecule has 0 radical (unpaired) electrons. The quantitative estimate of drug-likeness (QED) is 0.746. The van der Waals surface area contributed by atoms with Gasteiger partial charge in [-0.3, -0.25) is 0 Å². The lowest BCUT2D eigenvalue weighted by Gasteiger charge is -2.17. The number of nitrogens with one attached hydrogen (secondary N) is 1. The predicted molar refractivity (Wildman–Crippen MR) is 71.0 cm³/mol. The van der Waals surface area contributed by atoms with E-state index in [0.717, 1.165) is 0 Å². The van der Waals surface area contributed by atoms with E-state index in [2.05, 4.69) is 5.32 Å². The zero-order valence-corrected chi connectivity index (χ0v) is 10.5. The third kappa shape index (κ3) is 2.22. The summed E-state index contributed by atoms with van der Waals surface area (Å²) in [5.74, 6) is 0.00863. The molecule has 0 bridgehead atoms. The molecule has 0 saturated carbocycles. The van der Waals surface area contributed by atoms with Gasteiger partial charge in [-0.2, -0.15) is 0 Å².